The van der Waals surface area contributed by atoms with Crippen molar-refractivity contribution in [3.8, 4) is 10.4 Å². The number of nitrogens with zero attached hydrogens (tertiary/aromatic N) is 3. The Morgan fingerprint density at radius 2 is 2.20 bits per heavy atom. The second-order valence-corrected chi connectivity index (χ2v) is 7.69. The Bertz CT molecular complexity index is 965. The number of aromatic nitrogens is 2. The minimum absolute atomic E-state index is 0.405. The van der Waals surface area contributed by atoms with E-state index in [0.29, 0.717) is 11.6 Å². The molecule has 4 rings (SSSR count). The van der Waals surface area contributed by atoms with Gasteiger partial charge in [0.05, 0.1) is 10.9 Å². The molecule has 1 aliphatic heterocycles. The Kier molecular flexibility index (Phi) is 3.92. The number of amides is 1. The highest BCUT2D eigenvalue weighted by Crippen LogP contribution is 2.40. The number of primary amides is 1. The molecule has 25 heavy (non-hydrogen) atoms. The molecule has 1 atom stereocenters. The summed E-state index contributed by atoms with van der Waals surface area (Å²) in [5.74, 6) is 0.569. The van der Waals surface area contributed by atoms with E-state index in [9.17, 15) is 4.79 Å². The predicted octanol–water partition coefficient (Wildman–Crippen LogP) is 3.75. The maximum atomic E-state index is 11.5. The minimum Gasteiger partial charge on any atom is -0.366 e. The van der Waals surface area contributed by atoms with Gasteiger partial charge < -0.3 is 10.6 Å². The lowest BCUT2D eigenvalue weighted by molar-refractivity contribution is 0.100. The first-order valence-corrected chi connectivity index (χ1v) is 9.29. The summed E-state index contributed by atoms with van der Waals surface area (Å²) in [5, 5.41) is 9.73. The van der Waals surface area contributed by atoms with Crippen molar-refractivity contribution in [1.29, 1.82) is 0 Å². The van der Waals surface area contributed by atoms with Crippen molar-refractivity contribution in [2.75, 3.05) is 11.4 Å². The van der Waals surface area contributed by atoms with Gasteiger partial charge in [0.1, 0.15) is 0 Å². The summed E-state index contributed by atoms with van der Waals surface area (Å²) in [6, 6.07) is 8.22. The molecule has 1 saturated heterocycles. The van der Waals surface area contributed by atoms with Gasteiger partial charge in [0.25, 0.3) is 0 Å². The van der Waals surface area contributed by atoms with Crippen LogP contribution in [-0.2, 0) is 0 Å². The monoisotopic (exact) mass is 352 g/mol. The number of aryl methyl sites for hydroxylation is 1. The normalized spacial score (nSPS) is 17.4. The molecule has 0 bridgehead atoms. The van der Waals surface area contributed by atoms with Gasteiger partial charge in [-0.2, -0.15) is 5.10 Å². The quantitative estimate of drug-likeness (QED) is 0.779. The number of nitrogens with two attached hydrogens (primary N) is 1. The van der Waals surface area contributed by atoms with Gasteiger partial charge in [0, 0.05) is 28.4 Å². The number of fused-ring (bicyclic) bond motifs is 1. The average molecular weight is 352 g/mol. The first-order valence-electron chi connectivity index (χ1n) is 8.47. The number of carbonyl (C=O) groups excluding carboxylic acids is 1. The average Bonchev–Trinajstić information content (AvgIpc) is 3.20. The molecule has 128 valence electrons. The van der Waals surface area contributed by atoms with Gasteiger partial charge in [-0.25, -0.2) is 0 Å². The lowest BCUT2D eigenvalue weighted by Gasteiger charge is -2.22. The third kappa shape index (κ3) is 2.76. The molecule has 5 nitrogen and oxygen atoms in total. The van der Waals surface area contributed by atoms with Crippen LogP contribution in [0.3, 0.4) is 0 Å². The van der Waals surface area contributed by atoms with E-state index in [4.69, 9.17) is 5.73 Å². The minimum atomic E-state index is -0.405. The number of thiophene rings is 1. The molecule has 1 aliphatic rings. The Morgan fingerprint density at radius 1 is 1.36 bits per heavy atom. The summed E-state index contributed by atoms with van der Waals surface area (Å²) >= 11 is 1.70. The van der Waals surface area contributed by atoms with E-state index in [-0.39, 0.29) is 0 Å². The van der Waals surface area contributed by atoms with Crippen molar-refractivity contribution in [2.24, 2.45) is 5.73 Å². The van der Waals surface area contributed by atoms with Crippen LogP contribution in [0, 0.1) is 6.92 Å². The third-order valence-corrected chi connectivity index (χ3v) is 6.11. The number of rotatable bonds is 3. The van der Waals surface area contributed by atoms with Crippen molar-refractivity contribution in [3.05, 3.63) is 41.6 Å². The summed E-state index contributed by atoms with van der Waals surface area (Å²) in [4.78, 5) is 15.0. The molecular weight excluding hydrogens is 332 g/mol. The molecule has 2 N–H and O–H groups in total. The van der Waals surface area contributed by atoms with E-state index < -0.39 is 5.91 Å². The van der Waals surface area contributed by atoms with Crippen molar-refractivity contribution in [2.45, 2.75) is 32.7 Å². The predicted molar refractivity (Wildman–Crippen MR) is 102 cm³/mol. The zero-order valence-corrected chi connectivity index (χ0v) is 15.1. The molecule has 0 saturated carbocycles. The van der Waals surface area contributed by atoms with Gasteiger partial charge in [-0.3, -0.25) is 4.79 Å². The van der Waals surface area contributed by atoms with E-state index in [0.717, 1.165) is 38.5 Å². The van der Waals surface area contributed by atoms with Crippen LogP contribution in [0.5, 0.6) is 0 Å². The molecule has 1 unspecified atom stereocenters. The third-order valence-electron chi connectivity index (χ3n) is 4.93. The molecule has 1 aromatic carbocycles. The first kappa shape index (κ1) is 16.0. The molecule has 6 heteroatoms. The molecule has 2 aromatic heterocycles. The van der Waals surface area contributed by atoms with Gasteiger partial charge >= 0.3 is 0 Å². The highest BCUT2D eigenvalue weighted by atomic mass is 32.1. The highest BCUT2D eigenvalue weighted by Gasteiger charge is 2.24. The molecule has 0 spiro atoms. The number of carbonyl (C=O) groups is 1. The van der Waals surface area contributed by atoms with Gasteiger partial charge in [-0.05, 0) is 56.0 Å². The Morgan fingerprint density at radius 3 is 2.92 bits per heavy atom. The van der Waals surface area contributed by atoms with Crippen LogP contribution < -0.4 is 10.6 Å². The van der Waals surface area contributed by atoms with Crippen LogP contribution >= 0.6 is 11.3 Å². The summed E-state index contributed by atoms with van der Waals surface area (Å²) in [6.07, 6.45) is 4.19. The number of hydrogen-bond donors (Lipinski definition) is 1. The van der Waals surface area contributed by atoms with E-state index in [1.807, 2.05) is 25.3 Å². The topological polar surface area (TPSA) is 72.1 Å². The molecule has 1 amide bonds. The second kappa shape index (κ2) is 6.11. The van der Waals surface area contributed by atoms with Gasteiger partial charge in [0.2, 0.25) is 5.91 Å². The molecule has 3 heterocycles. The van der Waals surface area contributed by atoms with Crippen LogP contribution in [0.4, 0.5) is 5.82 Å². The second-order valence-electron chi connectivity index (χ2n) is 6.64. The lowest BCUT2D eigenvalue weighted by Crippen LogP contribution is -2.27. The fourth-order valence-corrected chi connectivity index (χ4v) is 4.69. The Hall–Kier alpha value is -2.47. The molecular formula is C19H20N4OS. The van der Waals surface area contributed by atoms with Crippen LogP contribution in [-0.4, -0.2) is 28.7 Å². The van der Waals surface area contributed by atoms with Crippen molar-refractivity contribution < 1.29 is 4.79 Å². The number of anilines is 1. The largest absolute Gasteiger partial charge is 0.366 e. The van der Waals surface area contributed by atoms with Crippen LogP contribution in [0.25, 0.3) is 20.5 Å². The SMILES string of the molecule is Cc1ccc(C(N)=O)cc1-c1cc2cnnc(N3CCCC3C)c2s1. The first-order chi connectivity index (χ1) is 12.0. The van der Waals surface area contributed by atoms with Crippen molar-refractivity contribution in [3.63, 3.8) is 0 Å². The Balaban J connectivity index is 1.85. The van der Waals surface area contributed by atoms with Crippen molar-refractivity contribution >= 4 is 33.1 Å². The summed E-state index contributed by atoms with van der Waals surface area (Å²) in [6.45, 7) is 5.31. The van der Waals surface area contributed by atoms with E-state index in [1.165, 1.54) is 12.8 Å². The van der Waals surface area contributed by atoms with Crippen molar-refractivity contribution in [1.82, 2.24) is 10.2 Å². The van der Waals surface area contributed by atoms with Gasteiger partial charge in [-0.1, -0.05) is 6.07 Å². The summed E-state index contributed by atoms with van der Waals surface area (Å²) in [5.41, 5.74) is 8.13. The van der Waals surface area contributed by atoms with Gasteiger partial charge in [-0.15, -0.1) is 16.4 Å². The number of benzene rings is 1. The molecule has 0 radical (unpaired) electrons. The lowest BCUT2D eigenvalue weighted by atomic mass is 10.0. The molecule has 0 aliphatic carbocycles. The standard InChI is InChI=1S/C19H20N4OS/c1-11-5-6-13(18(20)24)8-15(11)16-9-14-10-21-22-19(17(14)25-16)23-7-3-4-12(23)2/h5-6,8-10,12H,3-4,7H2,1-2H3,(H2,20,24). The maximum Gasteiger partial charge on any atom is 0.248 e. The fraction of sp³-hybridized carbons (Fsp3) is 0.316. The molecule has 1 fully saturated rings. The molecule has 3 aromatic rings. The zero-order valence-electron chi connectivity index (χ0n) is 14.3. The summed E-state index contributed by atoms with van der Waals surface area (Å²) in [7, 11) is 0. The smallest absolute Gasteiger partial charge is 0.248 e. The van der Waals surface area contributed by atoms with E-state index in [1.54, 1.807) is 17.4 Å². The number of hydrogen-bond acceptors (Lipinski definition) is 5. The summed E-state index contributed by atoms with van der Waals surface area (Å²) < 4.78 is 1.16. The Labute approximate surface area is 150 Å². The fourth-order valence-electron chi connectivity index (χ4n) is 3.48. The maximum absolute atomic E-state index is 11.5. The zero-order chi connectivity index (χ0) is 17.6. The highest BCUT2D eigenvalue weighted by molar-refractivity contribution is 7.22. The van der Waals surface area contributed by atoms with Crippen LogP contribution in [0.15, 0.2) is 30.5 Å². The van der Waals surface area contributed by atoms with E-state index in [2.05, 4.69) is 28.1 Å². The van der Waals surface area contributed by atoms with Crippen LogP contribution in [0.1, 0.15) is 35.7 Å². The van der Waals surface area contributed by atoms with Crippen LogP contribution in [0.2, 0.25) is 0 Å². The van der Waals surface area contributed by atoms with E-state index >= 15 is 0 Å². The van der Waals surface area contributed by atoms with Gasteiger partial charge in [0.15, 0.2) is 5.82 Å².